The molecule has 0 aliphatic rings. The van der Waals surface area contributed by atoms with Crippen LogP contribution in [0.15, 0.2) is 24.4 Å². The fourth-order valence-corrected chi connectivity index (χ4v) is 1.30. The Morgan fingerprint density at radius 3 is 2.73 bits per heavy atom. The van der Waals surface area contributed by atoms with Gasteiger partial charge in [0.05, 0.1) is 12.2 Å². The Hall–Kier alpha value is -1.78. The molecular weight excluding hydrogens is 200 g/mol. The van der Waals surface area contributed by atoms with Gasteiger partial charge in [0, 0.05) is 17.8 Å². The smallest absolute Gasteiger partial charge is 0.131 e. The summed E-state index contributed by atoms with van der Waals surface area (Å²) in [6, 6.07) is 3.49. The highest BCUT2D eigenvalue weighted by atomic mass is 19.1. The van der Waals surface area contributed by atoms with E-state index in [0.29, 0.717) is 5.56 Å². The first-order chi connectivity index (χ1) is 7.15. The molecule has 15 heavy (non-hydrogen) atoms. The first-order valence-corrected chi connectivity index (χ1v) is 4.46. The maximum atomic E-state index is 13.2. The highest BCUT2D eigenvalue weighted by molar-refractivity contribution is 5.18. The largest absolute Gasteiger partial charge is 0.248 e. The molecule has 78 valence electrons. The van der Waals surface area contributed by atoms with Crippen LogP contribution in [-0.2, 0) is 6.54 Å². The molecule has 0 amide bonds. The van der Waals surface area contributed by atoms with Crippen LogP contribution >= 0.6 is 0 Å². The van der Waals surface area contributed by atoms with E-state index in [2.05, 4.69) is 10.3 Å². The Bertz CT molecular complexity index is 479. The number of aryl methyl sites for hydroxylation is 1. The van der Waals surface area contributed by atoms with Crippen molar-refractivity contribution in [2.24, 2.45) is 0 Å². The van der Waals surface area contributed by atoms with Gasteiger partial charge in [0.2, 0.25) is 0 Å². The average molecular weight is 209 g/mol. The Labute approximate surface area is 85.3 Å². The second-order valence-corrected chi connectivity index (χ2v) is 3.29. The molecule has 0 fully saturated rings. The monoisotopic (exact) mass is 209 g/mol. The lowest BCUT2D eigenvalue weighted by Gasteiger charge is -2.02. The lowest BCUT2D eigenvalue weighted by molar-refractivity contribution is 0.554. The summed E-state index contributed by atoms with van der Waals surface area (Å²) < 4.78 is 27.4. The number of hydrogen-bond donors (Lipinski definition) is 0. The van der Waals surface area contributed by atoms with E-state index in [1.807, 2.05) is 0 Å². The molecule has 3 nitrogen and oxygen atoms in total. The second-order valence-electron chi connectivity index (χ2n) is 3.29. The molecule has 0 atom stereocenters. The van der Waals surface area contributed by atoms with Gasteiger partial charge in [-0.3, -0.25) is 0 Å². The third kappa shape index (κ3) is 2.18. The van der Waals surface area contributed by atoms with Gasteiger partial charge < -0.3 is 0 Å². The van der Waals surface area contributed by atoms with Crippen molar-refractivity contribution in [3.8, 4) is 0 Å². The number of halogens is 2. The number of aromatic nitrogens is 3. The van der Waals surface area contributed by atoms with Crippen LogP contribution in [0.2, 0.25) is 0 Å². The van der Waals surface area contributed by atoms with Crippen molar-refractivity contribution in [3.05, 3.63) is 47.3 Å². The van der Waals surface area contributed by atoms with Crippen LogP contribution in [0.3, 0.4) is 0 Å². The predicted molar refractivity (Wildman–Crippen MR) is 50.2 cm³/mol. The minimum atomic E-state index is -0.578. The predicted octanol–water partition coefficient (Wildman–Crippen LogP) is 1.91. The van der Waals surface area contributed by atoms with Gasteiger partial charge in [-0.2, -0.15) is 0 Å². The molecule has 5 heteroatoms. The third-order valence-electron chi connectivity index (χ3n) is 2.00. The summed E-state index contributed by atoms with van der Waals surface area (Å²) in [5.41, 5.74) is 1.15. The van der Waals surface area contributed by atoms with Gasteiger partial charge in [0.25, 0.3) is 0 Å². The summed E-state index contributed by atoms with van der Waals surface area (Å²) in [4.78, 5) is 0. The fraction of sp³-hybridized carbons (Fsp3) is 0.200. The van der Waals surface area contributed by atoms with Crippen molar-refractivity contribution in [3.63, 3.8) is 0 Å². The van der Waals surface area contributed by atoms with Crippen molar-refractivity contribution in [2.45, 2.75) is 13.5 Å². The quantitative estimate of drug-likeness (QED) is 0.756. The highest BCUT2D eigenvalue weighted by Crippen LogP contribution is 2.10. The van der Waals surface area contributed by atoms with E-state index < -0.39 is 11.6 Å². The van der Waals surface area contributed by atoms with Gasteiger partial charge in [-0.05, 0) is 13.0 Å². The maximum absolute atomic E-state index is 13.2. The Morgan fingerprint density at radius 2 is 2.13 bits per heavy atom. The first-order valence-electron chi connectivity index (χ1n) is 4.46. The summed E-state index contributed by atoms with van der Waals surface area (Å²) in [6.45, 7) is 2.05. The van der Waals surface area contributed by atoms with Crippen LogP contribution in [0.4, 0.5) is 8.78 Å². The SMILES string of the molecule is Cc1cn(Cc2ccc(F)cc2F)nn1. The first kappa shape index (κ1) is 9.76. The zero-order valence-electron chi connectivity index (χ0n) is 8.11. The normalized spacial score (nSPS) is 10.6. The molecule has 2 aromatic rings. The molecule has 1 heterocycles. The Morgan fingerprint density at radius 1 is 1.33 bits per heavy atom. The van der Waals surface area contributed by atoms with E-state index in [4.69, 9.17) is 0 Å². The van der Waals surface area contributed by atoms with Crippen molar-refractivity contribution < 1.29 is 8.78 Å². The number of nitrogens with zero attached hydrogens (tertiary/aromatic N) is 3. The number of hydrogen-bond acceptors (Lipinski definition) is 2. The van der Waals surface area contributed by atoms with Crippen LogP contribution in [0.25, 0.3) is 0 Å². The van der Waals surface area contributed by atoms with Gasteiger partial charge in [-0.1, -0.05) is 11.3 Å². The van der Waals surface area contributed by atoms with Crippen LogP contribution < -0.4 is 0 Å². The van der Waals surface area contributed by atoms with Gasteiger partial charge in [0.15, 0.2) is 0 Å². The molecule has 1 aromatic carbocycles. The highest BCUT2D eigenvalue weighted by Gasteiger charge is 2.05. The fourth-order valence-electron chi connectivity index (χ4n) is 1.30. The van der Waals surface area contributed by atoms with Gasteiger partial charge in [-0.15, -0.1) is 5.10 Å². The average Bonchev–Trinajstić information content (AvgIpc) is 2.56. The van der Waals surface area contributed by atoms with Crippen molar-refractivity contribution in [1.82, 2.24) is 15.0 Å². The number of rotatable bonds is 2. The molecule has 0 unspecified atom stereocenters. The lowest BCUT2D eigenvalue weighted by atomic mass is 10.2. The topological polar surface area (TPSA) is 30.7 Å². The van der Waals surface area contributed by atoms with Crippen LogP contribution in [-0.4, -0.2) is 15.0 Å². The van der Waals surface area contributed by atoms with E-state index in [1.165, 1.54) is 16.8 Å². The molecular formula is C10H9F2N3. The maximum Gasteiger partial charge on any atom is 0.131 e. The second kappa shape index (κ2) is 3.76. The summed E-state index contributed by atoms with van der Waals surface area (Å²) >= 11 is 0. The Kier molecular flexibility index (Phi) is 2.45. The van der Waals surface area contributed by atoms with E-state index >= 15 is 0 Å². The molecule has 0 bridgehead atoms. The molecule has 0 saturated carbocycles. The van der Waals surface area contributed by atoms with Gasteiger partial charge in [-0.25, -0.2) is 13.5 Å². The van der Waals surface area contributed by atoms with E-state index in [-0.39, 0.29) is 6.54 Å². The zero-order valence-corrected chi connectivity index (χ0v) is 8.11. The van der Waals surface area contributed by atoms with E-state index in [1.54, 1.807) is 13.1 Å². The summed E-state index contributed by atoms with van der Waals surface area (Å²) in [5.74, 6) is -1.14. The minimum absolute atomic E-state index is 0.257. The van der Waals surface area contributed by atoms with Crippen molar-refractivity contribution in [2.75, 3.05) is 0 Å². The molecule has 2 rings (SSSR count). The lowest BCUT2D eigenvalue weighted by Crippen LogP contribution is -2.03. The standard InChI is InChI=1S/C10H9F2N3/c1-7-5-15(14-13-7)6-8-2-3-9(11)4-10(8)12/h2-5H,6H2,1H3. The molecule has 0 aliphatic heterocycles. The minimum Gasteiger partial charge on any atom is -0.248 e. The van der Waals surface area contributed by atoms with Crippen molar-refractivity contribution >= 4 is 0 Å². The summed E-state index contributed by atoms with van der Waals surface area (Å²) in [6.07, 6.45) is 1.70. The zero-order chi connectivity index (χ0) is 10.8. The van der Waals surface area contributed by atoms with E-state index in [0.717, 1.165) is 11.8 Å². The van der Waals surface area contributed by atoms with E-state index in [9.17, 15) is 8.78 Å². The summed E-state index contributed by atoms with van der Waals surface area (Å²) in [5, 5.41) is 7.56. The van der Waals surface area contributed by atoms with Crippen LogP contribution in [0.1, 0.15) is 11.3 Å². The van der Waals surface area contributed by atoms with Crippen molar-refractivity contribution in [1.29, 1.82) is 0 Å². The Balaban J connectivity index is 2.24. The van der Waals surface area contributed by atoms with Crippen LogP contribution in [0, 0.1) is 18.6 Å². The van der Waals surface area contributed by atoms with Crippen LogP contribution in [0.5, 0.6) is 0 Å². The molecule has 0 spiro atoms. The molecule has 0 saturated heterocycles. The summed E-state index contributed by atoms with van der Waals surface area (Å²) in [7, 11) is 0. The molecule has 1 aromatic heterocycles. The number of benzene rings is 1. The molecule has 0 aliphatic carbocycles. The van der Waals surface area contributed by atoms with Gasteiger partial charge in [0.1, 0.15) is 11.6 Å². The molecule has 0 radical (unpaired) electrons. The van der Waals surface area contributed by atoms with Gasteiger partial charge >= 0.3 is 0 Å². The molecule has 0 N–H and O–H groups in total. The third-order valence-corrected chi connectivity index (χ3v) is 2.00.